The number of amides is 1. The van der Waals surface area contributed by atoms with Crippen LogP contribution in [0.1, 0.15) is 37.8 Å². The summed E-state index contributed by atoms with van der Waals surface area (Å²) in [5, 5.41) is 2.91. The fourth-order valence-corrected chi connectivity index (χ4v) is 4.05. The van der Waals surface area contributed by atoms with Crippen molar-refractivity contribution in [1.82, 2.24) is 14.5 Å². The van der Waals surface area contributed by atoms with Gasteiger partial charge < -0.3 is 10.2 Å². The largest absolute Gasteiger partial charge is 0.354 e. The maximum atomic E-state index is 12.7. The van der Waals surface area contributed by atoms with Crippen molar-refractivity contribution in [2.45, 2.75) is 32.2 Å². The van der Waals surface area contributed by atoms with Gasteiger partial charge in [-0.1, -0.05) is 37.3 Å². The summed E-state index contributed by atoms with van der Waals surface area (Å²) in [6, 6.07) is 8.17. The predicted molar refractivity (Wildman–Crippen MR) is 104 cm³/mol. The van der Waals surface area contributed by atoms with E-state index in [-0.39, 0.29) is 5.91 Å². The monoisotopic (exact) mass is 381 g/mol. The Morgan fingerprint density at radius 2 is 2.04 bits per heavy atom. The number of likely N-dealkylation sites (tertiary alicyclic amines) is 1. The van der Waals surface area contributed by atoms with Crippen molar-refractivity contribution in [2.24, 2.45) is 5.92 Å². The van der Waals surface area contributed by atoms with Crippen LogP contribution in [-0.4, -0.2) is 63.0 Å². The maximum Gasteiger partial charge on any atom is 0.242 e. The molecule has 6 nitrogen and oxygen atoms in total. The Labute approximate surface area is 157 Å². The topological polar surface area (TPSA) is 69.7 Å². The first-order valence-electron chi connectivity index (χ1n) is 9.27. The van der Waals surface area contributed by atoms with E-state index in [1.54, 1.807) is 12.1 Å². The molecule has 1 fully saturated rings. The van der Waals surface area contributed by atoms with Crippen molar-refractivity contribution >= 4 is 15.9 Å². The highest BCUT2D eigenvalue weighted by Gasteiger charge is 2.30. The smallest absolute Gasteiger partial charge is 0.242 e. The lowest BCUT2D eigenvalue weighted by Gasteiger charge is -2.31. The number of carbonyl (C=O) groups is 1. The fraction of sp³-hybridized carbons (Fsp3) is 0.632. The molecule has 0 saturated carbocycles. The van der Waals surface area contributed by atoms with Gasteiger partial charge in [-0.05, 0) is 43.8 Å². The first-order valence-corrected chi connectivity index (χ1v) is 11.1. The van der Waals surface area contributed by atoms with Crippen molar-refractivity contribution in [3.05, 3.63) is 35.9 Å². The Kier molecular flexibility index (Phi) is 7.61. The van der Waals surface area contributed by atoms with Crippen LogP contribution in [0.15, 0.2) is 30.3 Å². The molecule has 1 aromatic rings. The molecule has 1 N–H and O–H groups in total. The summed E-state index contributed by atoms with van der Waals surface area (Å²) in [4.78, 5) is 15.1. The first-order chi connectivity index (χ1) is 12.3. The molecule has 0 unspecified atom stereocenters. The van der Waals surface area contributed by atoms with Crippen molar-refractivity contribution in [2.75, 3.05) is 39.5 Å². The molecule has 146 valence electrons. The maximum absolute atomic E-state index is 12.7. The second-order valence-corrected chi connectivity index (χ2v) is 9.33. The van der Waals surface area contributed by atoms with E-state index in [1.807, 2.05) is 18.2 Å². The molecular weight excluding hydrogens is 350 g/mol. The standard InChI is InChI=1S/C19H31N3O3S/c1-16-9-7-13-22(15-16)14-8-12-20-19(23)18(21(2)26(3,24)25)17-10-5-4-6-11-17/h4-6,10-11,16,18H,7-9,12-15H2,1-3H3,(H,20,23)/t16-,18+/m0/s1. The molecule has 0 aliphatic carbocycles. The average Bonchev–Trinajstić information content (AvgIpc) is 2.59. The molecule has 1 amide bonds. The van der Waals surface area contributed by atoms with Crippen LogP contribution in [0.4, 0.5) is 0 Å². The lowest BCUT2D eigenvalue weighted by Crippen LogP contribution is -2.42. The van der Waals surface area contributed by atoms with E-state index in [2.05, 4.69) is 17.1 Å². The summed E-state index contributed by atoms with van der Waals surface area (Å²) in [5.41, 5.74) is 0.669. The van der Waals surface area contributed by atoms with Gasteiger partial charge in [-0.25, -0.2) is 8.42 Å². The summed E-state index contributed by atoms with van der Waals surface area (Å²) in [7, 11) is -2.04. The lowest BCUT2D eigenvalue weighted by molar-refractivity contribution is -0.124. The first kappa shape index (κ1) is 20.9. The summed E-state index contributed by atoms with van der Waals surface area (Å²) in [6.45, 7) is 6.03. The highest BCUT2D eigenvalue weighted by molar-refractivity contribution is 7.88. The molecule has 26 heavy (non-hydrogen) atoms. The van der Waals surface area contributed by atoms with Gasteiger partial charge in [0.05, 0.1) is 6.26 Å². The van der Waals surface area contributed by atoms with Gasteiger partial charge in [-0.3, -0.25) is 4.79 Å². The van der Waals surface area contributed by atoms with Gasteiger partial charge in [0.15, 0.2) is 0 Å². The number of sulfonamides is 1. The quantitative estimate of drug-likeness (QED) is 0.698. The number of hydrogen-bond donors (Lipinski definition) is 1. The van der Waals surface area contributed by atoms with E-state index in [0.29, 0.717) is 12.1 Å². The number of benzene rings is 1. The van der Waals surface area contributed by atoms with E-state index >= 15 is 0 Å². The van der Waals surface area contributed by atoms with E-state index in [0.717, 1.165) is 42.5 Å². The number of hydrogen-bond acceptors (Lipinski definition) is 4. The highest BCUT2D eigenvalue weighted by Crippen LogP contribution is 2.22. The van der Waals surface area contributed by atoms with Crippen molar-refractivity contribution in [1.29, 1.82) is 0 Å². The molecule has 7 heteroatoms. The van der Waals surface area contributed by atoms with Gasteiger partial charge in [0.2, 0.25) is 15.9 Å². The summed E-state index contributed by atoms with van der Waals surface area (Å²) in [6.07, 6.45) is 4.52. The number of likely N-dealkylation sites (N-methyl/N-ethyl adjacent to an activating group) is 1. The number of nitrogens with zero attached hydrogens (tertiary/aromatic N) is 2. The molecule has 2 rings (SSSR count). The second-order valence-electron chi connectivity index (χ2n) is 7.29. The molecule has 1 heterocycles. The summed E-state index contributed by atoms with van der Waals surface area (Å²) < 4.78 is 25.0. The van der Waals surface area contributed by atoms with Crippen LogP contribution in [0.3, 0.4) is 0 Å². The van der Waals surface area contributed by atoms with Crippen LogP contribution < -0.4 is 5.32 Å². The predicted octanol–water partition coefficient (Wildman–Crippen LogP) is 1.86. The average molecular weight is 382 g/mol. The second kappa shape index (κ2) is 9.48. The Hall–Kier alpha value is -1.44. The molecule has 1 aromatic carbocycles. The van der Waals surface area contributed by atoms with Crippen LogP contribution in [0, 0.1) is 5.92 Å². The molecule has 2 atom stereocenters. The van der Waals surface area contributed by atoms with Gasteiger partial charge in [-0.15, -0.1) is 0 Å². The molecule has 0 aromatic heterocycles. The summed E-state index contributed by atoms with van der Waals surface area (Å²) in [5.74, 6) is 0.459. The molecule has 0 bridgehead atoms. The minimum Gasteiger partial charge on any atom is -0.354 e. The number of piperidine rings is 1. The Balaban J connectivity index is 1.92. The summed E-state index contributed by atoms with van der Waals surface area (Å²) >= 11 is 0. The van der Waals surface area contributed by atoms with Gasteiger partial charge in [0.1, 0.15) is 6.04 Å². The van der Waals surface area contributed by atoms with E-state index in [9.17, 15) is 13.2 Å². The third kappa shape index (κ3) is 6.07. The molecular formula is C19H31N3O3S. The van der Waals surface area contributed by atoms with E-state index < -0.39 is 16.1 Å². The Bertz CT molecular complexity index is 679. The van der Waals surface area contributed by atoms with Crippen LogP contribution in [0.25, 0.3) is 0 Å². The number of rotatable bonds is 8. The van der Waals surface area contributed by atoms with Crippen LogP contribution in [0.2, 0.25) is 0 Å². The zero-order chi connectivity index (χ0) is 19.2. The van der Waals surface area contributed by atoms with E-state index in [1.165, 1.54) is 19.9 Å². The lowest BCUT2D eigenvalue weighted by atomic mass is 10.0. The third-order valence-electron chi connectivity index (χ3n) is 4.94. The zero-order valence-electron chi connectivity index (χ0n) is 16.0. The zero-order valence-corrected chi connectivity index (χ0v) is 16.8. The molecule has 0 radical (unpaired) electrons. The van der Waals surface area contributed by atoms with Gasteiger partial charge in [-0.2, -0.15) is 4.31 Å². The van der Waals surface area contributed by atoms with Gasteiger partial charge >= 0.3 is 0 Å². The van der Waals surface area contributed by atoms with Crippen LogP contribution in [0.5, 0.6) is 0 Å². The molecule has 1 saturated heterocycles. The van der Waals surface area contributed by atoms with E-state index in [4.69, 9.17) is 0 Å². The third-order valence-corrected chi connectivity index (χ3v) is 6.20. The minimum absolute atomic E-state index is 0.281. The number of carbonyl (C=O) groups excluding carboxylic acids is 1. The molecule has 1 aliphatic rings. The Morgan fingerprint density at radius 3 is 2.65 bits per heavy atom. The van der Waals surface area contributed by atoms with Gasteiger partial charge in [0, 0.05) is 20.1 Å². The normalized spacial score (nSPS) is 20.1. The Morgan fingerprint density at radius 1 is 1.35 bits per heavy atom. The number of nitrogens with one attached hydrogen (secondary N) is 1. The van der Waals surface area contributed by atoms with Crippen LogP contribution in [-0.2, 0) is 14.8 Å². The van der Waals surface area contributed by atoms with Crippen molar-refractivity contribution in [3.63, 3.8) is 0 Å². The molecule has 1 aliphatic heterocycles. The minimum atomic E-state index is -3.48. The van der Waals surface area contributed by atoms with Crippen molar-refractivity contribution in [3.8, 4) is 0 Å². The molecule has 0 spiro atoms. The SMILES string of the molecule is C[C@H]1CCCN(CCCNC(=O)[C@@H](c2ccccc2)N(C)S(C)(=O)=O)C1. The van der Waals surface area contributed by atoms with Crippen molar-refractivity contribution < 1.29 is 13.2 Å². The highest BCUT2D eigenvalue weighted by atomic mass is 32.2. The van der Waals surface area contributed by atoms with Crippen LogP contribution >= 0.6 is 0 Å². The fourth-order valence-electron chi connectivity index (χ4n) is 3.45. The van der Waals surface area contributed by atoms with Gasteiger partial charge in [0.25, 0.3) is 0 Å².